The lowest BCUT2D eigenvalue weighted by molar-refractivity contribution is -0.131. The molecule has 5 heteroatoms. The molecule has 0 aliphatic carbocycles. The van der Waals surface area contributed by atoms with Gasteiger partial charge in [0.2, 0.25) is 5.91 Å². The van der Waals surface area contributed by atoms with E-state index < -0.39 is 0 Å². The average Bonchev–Trinajstić information content (AvgIpc) is 3.18. The maximum atomic E-state index is 12.7. The van der Waals surface area contributed by atoms with E-state index in [0.29, 0.717) is 6.42 Å². The predicted molar refractivity (Wildman–Crippen MR) is 104 cm³/mol. The first-order chi connectivity index (χ1) is 13.3. The van der Waals surface area contributed by atoms with E-state index in [0.717, 1.165) is 43.9 Å². The number of piperidine rings is 1. The fourth-order valence-electron chi connectivity index (χ4n) is 3.80. The number of imidazole rings is 1. The molecule has 1 aliphatic rings. The topological polar surface area (TPSA) is 51.0 Å². The minimum Gasteiger partial charge on any atom is -0.342 e. The maximum Gasteiger partial charge on any atom is 0.227 e. The van der Waals surface area contributed by atoms with Crippen molar-refractivity contribution in [3.63, 3.8) is 0 Å². The highest BCUT2D eigenvalue weighted by Crippen LogP contribution is 2.26. The van der Waals surface area contributed by atoms with Gasteiger partial charge in [-0.25, -0.2) is 4.98 Å². The number of benzene rings is 1. The van der Waals surface area contributed by atoms with Gasteiger partial charge in [0, 0.05) is 50.3 Å². The number of hydrogen-bond donors (Lipinski definition) is 0. The number of hydrogen-bond acceptors (Lipinski definition) is 3. The van der Waals surface area contributed by atoms with E-state index in [1.807, 2.05) is 35.5 Å². The van der Waals surface area contributed by atoms with Crippen LogP contribution in [0.25, 0.3) is 0 Å². The second-order valence-corrected chi connectivity index (χ2v) is 7.12. The lowest BCUT2D eigenvalue weighted by atomic mass is 9.96. The summed E-state index contributed by atoms with van der Waals surface area (Å²) in [6.45, 7) is 2.39. The molecule has 138 valence electrons. The summed E-state index contributed by atoms with van der Waals surface area (Å²) < 4.78 is 2.22. The average molecular weight is 360 g/mol. The Hall–Kier alpha value is -2.95. The van der Waals surface area contributed by atoms with Gasteiger partial charge in [0.05, 0.1) is 6.42 Å². The van der Waals surface area contributed by atoms with Crippen molar-refractivity contribution in [1.82, 2.24) is 19.4 Å². The number of nitrogens with zero attached hydrogens (tertiary/aromatic N) is 4. The quantitative estimate of drug-likeness (QED) is 0.702. The van der Waals surface area contributed by atoms with Crippen LogP contribution in [0, 0.1) is 0 Å². The Balaban J connectivity index is 1.44. The van der Waals surface area contributed by atoms with Crippen molar-refractivity contribution < 1.29 is 4.79 Å². The van der Waals surface area contributed by atoms with E-state index in [9.17, 15) is 4.79 Å². The predicted octanol–water partition coefficient (Wildman–Crippen LogP) is 3.28. The van der Waals surface area contributed by atoms with Crippen LogP contribution in [-0.4, -0.2) is 38.4 Å². The van der Waals surface area contributed by atoms with Crippen LogP contribution in [0.5, 0.6) is 0 Å². The number of rotatable bonds is 5. The third-order valence-corrected chi connectivity index (χ3v) is 5.16. The van der Waals surface area contributed by atoms with E-state index in [1.54, 1.807) is 12.4 Å². The van der Waals surface area contributed by atoms with Gasteiger partial charge in [-0.3, -0.25) is 9.78 Å². The Morgan fingerprint density at radius 1 is 1.07 bits per heavy atom. The molecule has 0 radical (unpaired) electrons. The van der Waals surface area contributed by atoms with Gasteiger partial charge in [-0.15, -0.1) is 0 Å². The Morgan fingerprint density at radius 2 is 1.93 bits per heavy atom. The zero-order chi connectivity index (χ0) is 18.5. The van der Waals surface area contributed by atoms with E-state index in [2.05, 4.69) is 38.8 Å². The van der Waals surface area contributed by atoms with Gasteiger partial charge < -0.3 is 9.47 Å². The zero-order valence-corrected chi connectivity index (χ0v) is 15.4. The molecule has 0 unspecified atom stereocenters. The summed E-state index contributed by atoms with van der Waals surface area (Å²) in [5, 5.41) is 0. The standard InChI is InChI=1S/C22H24N4O/c27-21(14-19-8-4-10-23-15-19)25-12-5-9-20(17-25)22-24-11-13-26(22)16-18-6-2-1-3-7-18/h1-4,6-8,10-11,13,15,20H,5,9,12,14,16-17H2/t20-/m0/s1. The van der Waals surface area contributed by atoms with Gasteiger partial charge in [-0.1, -0.05) is 36.4 Å². The second-order valence-electron chi connectivity index (χ2n) is 7.12. The van der Waals surface area contributed by atoms with Crippen molar-refractivity contribution >= 4 is 5.91 Å². The van der Waals surface area contributed by atoms with E-state index in [1.165, 1.54) is 5.56 Å². The molecular formula is C22H24N4O. The van der Waals surface area contributed by atoms with Crippen LogP contribution in [0.2, 0.25) is 0 Å². The zero-order valence-electron chi connectivity index (χ0n) is 15.4. The molecule has 27 heavy (non-hydrogen) atoms. The summed E-state index contributed by atoms with van der Waals surface area (Å²) in [5.74, 6) is 1.54. The van der Waals surface area contributed by atoms with E-state index >= 15 is 0 Å². The molecule has 3 heterocycles. The highest BCUT2D eigenvalue weighted by molar-refractivity contribution is 5.78. The van der Waals surface area contributed by atoms with Crippen LogP contribution in [0.4, 0.5) is 0 Å². The molecule has 1 aliphatic heterocycles. The smallest absolute Gasteiger partial charge is 0.227 e. The molecule has 1 aromatic carbocycles. The summed E-state index contributed by atoms with van der Waals surface area (Å²) in [5.41, 5.74) is 2.23. The number of carbonyl (C=O) groups is 1. The van der Waals surface area contributed by atoms with Gasteiger partial charge in [0.25, 0.3) is 0 Å². The van der Waals surface area contributed by atoms with Gasteiger partial charge in [0.15, 0.2) is 0 Å². The molecule has 0 spiro atoms. The van der Waals surface area contributed by atoms with Crippen molar-refractivity contribution in [3.8, 4) is 0 Å². The minimum absolute atomic E-state index is 0.175. The molecule has 1 fully saturated rings. The number of carbonyl (C=O) groups excluding carboxylic acids is 1. The molecule has 0 saturated carbocycles. The summed E-state index contributed by atoms with van der Waals surface area (Å²) in [6, 6.07) is 14.3. The monoisotopic (exact) mass is 360 g/mol. The second kappa shape index (κ2) is 8.16. The van der Waals surface area contributed by atoms with Crippen molar-refractivity contribution in [3.05, 3.63) is 84.2 Å². The lowest BCUT2D eigenvalue weighted by Gasteiger charge is -2.33. The molecule has 4 rings (SSSR count). The van der Waals surface area contributed by atoms with Crippen molar-refractivity contribution in [2.75, 3.05) is 13.1 Å². The molecule has 0 N–H and O–H groups in total. The first-order valence-electron chi connectivity index (χ1n) is 9.51. The number of likely N-dealkylation sites (tertiary alicyclic amines) is 1. The van der Waals surface area contributed by atoms with Gasteiger partial charge in [-0.05, 0) is 30.0 Å². The number of aromatic nitrogens is 3. The lowest BCUT2D eigenvalue weighted by Crippen LogP contribution is -2.40. The molecule has 1 saturated heterocycles. The van der Waals surface area contributed by atoms with Crippen LogP contribution in [0.1, 0.15) is 35.7 Å². The summed E-state index contributed by atoms with van der Waals surface area (Å²) in [6.07, 6.45) is 9.92. The van der Waals surface area contributed by atoms with Crippen LogP contribution in [0.15, 0.2) is 67.3 Å². The molecule has 3 aromatic rings. The molecule has 1 amide bonds. The van der Waals surface area contributed by atoms with Crippen LogP contribution in [-0.2, 0) is 17.8 Å². The third kappa shape index (κ3) is 4.25. The van der Waals surface area contributed by atoms with Gasteiger partial charge >= 0.3 is 0 Å². The maximum absolute atomic E-state index is 12.7. The summed E-state index contributed by atoms with van der Waals surface area (Å²) in [7, 11) is 0. The van der Waals surface area contributed by atoms with Crippen LogP contribution < -0.4 is 0 Å². The van der Waals surface area contributed by atoms with E-state index in [4.69, 9.17) is 0 Å². The largest absolute Gasteiger partial charge is 0.342 e. The molecule has 2 aromatic heterocycles. The van der Waals surface area contributed by atoms with Crippen molar-refractivity contribution in [2.24, 2.45) is 0 Å². The first-order valence-corrected chi connectivity index (χ1v) is 9.51. The van der Waals surface area contributed by atoms with Gasteiger partial charge in [0.1, 0.15) is 5.82 Å². The Kier molecular flexibility index (Phi) is 5.28. The Labute approximate surface area is 159 Å². The first kappa shape index (κ1) is 17.5. The Bertz CT molecular complexity index is 876. The summed E-state index contributed by atoms with van der Waals surface area (Å²) >= 11 is 0. The van der Waals surface area contributed by atoms with Crippen LogP contribution in [0.3, 0.4) is 0 Å². The minimum atomic E-state index is 0.175. The van der Waals surface area contributed by atoms with Crippen molar-refractivity contribution in [1.29, 1.82) is 0 Å². The van der Waals surface area contributed by atoms with Crippen LogP contribution >= 0.6 is 0 Å². The fraction of sp³-hybridized carbons (Fsp3) is 0.318. The Morgan fingerprint density at radius 3 is 2.74 bits per heavy atom. The van der Waals surface area contributed by atoms with Crippen molar-refractivity contribution in [2.45, 2.75) is 31.7 Å². The highest BCUT2D eigenvalue weighted by Gasteiger charge is 2.27. The highest BCUT2D eigenvalue weighted by atomic mass is 16.2. The van der Waals surface area contributed by atoms with E-state index in [-0.39, 0.29) is 11.8 Å². The molecule has 0 bridgehead atoms. The summed E-state index contributed by atoms with van der Waals surface area (Å²) in [4.78, 5) is 23.5. The molecule has 1 atom stereocenters. The molecular weight excluding hydrogens is 336 g/mol. The SMILES string of the molecule is O=C(Cc1cccnc1)N1CCC[C@H](c2nccn2Cc2ccccc2)C1. The fourth-order valence-corrected chi connectivity index (χ4v) is 3.80. The van der Waals surface area contributed by atoms with Gasteiger partial charge in [-0.2, -0.15) is 0 Å². The third-order valence-electron chi connectivity index (χ3n) is 5.16. The molecule has 5 nitrogen and oxygen atoms in total. The normalized spacial score (nSPS) is 17.0. The number of pyridine rings is 1. The number of amides is 1.